The van der Waals surface area contributed by atoms with Crippen molar-refractivity contribution in [3.05, 3.63) is 65.7 Å². The summed E-state index contributed by atoms with van der Waals surface area (Å²) in [4.78, 5) is 23.9. The largest absolute Gasteiger partial charge is 0.489 e. The molecule has 2 aromatic carbocycles. The molecule has 0 radical (unpaired) electrons. The van der Waals surface area contributed by atoms with E-state index in [0.717, 1.165) is 49.0 Å². The second-order valence-corrected chi connectivity index (χ2v) is 7.41. The lowest BCUT2D eigenvalue weighted by molar-refractivity contribution is -0.145. The lowest BCUT2D eigenvalue weighted by atomic mass is 9.93. The molecule has 0 N–H and O–H groups in total. The molecule has 0 aliphatic carbocycles. The van der Waals surface area contributed by atoms with Crippen LogP contribution in [0, 0.1) is 0 Å². The van der Waals surface area contributed by atoms with Gasteiger partial charge in [-0.1, -0.05) is 61.7 Å². The van der Waals surface area contributed by atoms with E-state index in [1.165, 1.54) is 0 Å². The Morgan fingerprint density at radius 1 is 0.806 bits per heavy atom. The third-order valence-electron chi connectivity index (χ3n) is 5.03. The van der Waals surface area contributed by atoms with Crippen LogP contribution in [-0.4, -0.2) is 25.2 Å². The lowest BCUT2D eigenvalue weighted by Crippen LogP contribution is -2.16. The minimum atomic E-state index is -0.284. The van der Waals surface area contributed by atoms with Crippen LogP contribution in [0.5, 0.6) is 5.75 Å². The molecule has 168 valence electrons. The van der Waals surface area contributed by atoms with Crippen LogP contribution in [-0.2, 0) is 25.7 Å². The molecular formula is C26H34O5. The number of hydrogen-bond donors (Lipinski definition) is 0. The number of carbonyl (C=O) groups excluding carboxylic acids is 2. The fraction of sp³-hybridized carbons (Fsp3) is 0.462. The molecule has 0 bridgehead atoms. The molecule has 0 spiro atoms. The SMILES string of the molecule is CCOC(=O)CCCCCCC(C(=O)OCC)c1ccc(OCc2ccccc2)cc1. The van der Waals surface area contributed by atoms with Gasteiger partial charge >= 0.3 is 11.9 Å². The first-order valence-corrected chi connectivity index (χ1v) is 11.2. The predicted octanol–water partition coefficient (Wildman–Crippen LogP) is 5.82. The molecule has 0 fully saturated rings. The van der Waals surface area contributed by atoms with Crippen molar-refractivity contribution in [3.8, 4) is 5.75 Å². The summed E-state index contributed by atoms with van der Waals surface area (Å²) in [5.74, 6) is 0.163. The van der Waals surface area contributed by atoms with Crippen molar-refractivity contribution in [3.63, 3.8) is 0 Å². The van der Waals surface area contributed by atoms with E-state index >= 15 is 0 Å². The number of hydrogen-bond acceptors (Lipinski definition) is 5. The Balaban J connectivity index is 1.84. The molecule has 5 nitrogen and oxygen atoms in total. The summed E-state index contributed by atoms with van der Waals surface area (Å²) in [7, 11) is 0. The van der Waals surface area contributed by atoms with Gasteiger partial charge in [0.05, 0.1) is 19.1 Å². The molecule has 0 aliphatic rings. The number of carbonyl (C=O) groups is 2. The zero-order chi connectivity index (χ0) is 22.3. The van der Waals surface area contributed by atoms with Crippen molar-refractivity contribution >= 4 is 11.9 Å². The van der Waals surface area contributed by atoms with Crippen molar-refractivity contribution < 1.29 is 23.8 Å². The highest BCUT2D eigenvalue weighted by Gasteiger charge is 2.21. The highest BCUT2D eigenvalue weighted by molar-refractivity contribution is 5.78. The molecule has 0 amide bonds. The molecule has 31 heavy (non-hydrogen) atoms. The second-order valence-electron chi connectivity index (χ2n) is 7.41. The van der Waals surface area contributed by atoms with E-state index in [0.29, 0.717) is 26.2 Å². The molecule has 0 saturated heterocycles. The van der Waals surface area contributed by atoms with Crippen molar-refractivity contribution in [1.82, 2.24) is 0 Å². The van der Waals surface area contributed by atoms with Crippen LogP contribution in [0.4, 0.5) is 0 Å². The van der Waals surface area contributed by atoms with E-state index < -0.39 is 0 Å². The molecule has 1 atom stereocenters. The maximum Gasteiger partial charge on any atom is 0.313 e. The fourth-order valence-corrected chi connectivity index (χ4v) is 3.41. The smallest absolute Gasteiger partial charge is 0.313 e. The second kappa shape index (κ2) is 14.2. The molecule has 2 aromatic rings. The van der Waals surface area contributed by atoms with Crippen molar-refractivity contribution in [2.24, 2.45) is 0 Å². The van der Waals surface area contributed by atoms with E-state index in [2.05, 4.69) is 0 Å². The van der Waals surface area contributed by atoms with E-state index in [9.17, 15) is 9.59 Å². The first kappa shape index (κ1) is 24.4. The van der Waals surface area contributed by atoms with Crippen molar-refractivity contribution in [2.45, 2.75) is 64.9 Å². The molecule has 1 unspecified atom stereocenters. The normalized spacial score (nSPS) is 11.5. The molecule has 0 heterocycles. The van der Waals surface area contributed by atoms with Gasteiger partial charge in [0.15, 0.2) is 0 Å². The zero-order valence-electron chi connectivity index (χ0n) is 18.7. The summed E-state index contributed by atoms with van der Waals surface area (Å²) in [5, 5.41) is 0. The summed E-state index contributed by atoms with van der Waals surface area (Å²) in [6.07, 6.45) is 4.81. The Morgan fingerprint density at radius 3 is 2.16 bits per heavy atom. The molecule has 0 aliphatic heterocycles. The van der Waals surface area contributed by atoms with Gasteiger partial charge in [0, 0.05) is 6.42 Å². The minimum Gasteiger partial charge on any atom is -0.489 e. The summed E-state index contributed by atoms with van der Waals surface area (Å²) in [6.45, 7) is 4.94. The van der Waals surface area contributed by atoms with Crippen LogP contribution in [0.3, 0.4) is 0 Å². The van der Waals surface area contributed by atoms with Gasteiger partial charge in [0.2, 0.25) is 0 Å². The van der Waals surface area contributed by atoms with Crippen LogP contribution < -0.4 is 4.74 Å². The Morgan fingerprint density at radius 2 is 1.48 bits per heavy atom. The van der Waals surface area contributed by atoms with Gasteiger partial charge < -0.3 is 14.2 Å². The fourth-order valence-electron chi connectivity index (χ4n) is 3.41. The van der Waals surface area contributed by atoms with Crippen LogP contribution >= 0.6 is 0 Å². The molecule has 0 aromatic heterocycles. The topological polar surface area (TPSA) is 61.8 Å². The monoisotopic (exact) mass is 426 g/mol. The predicted molar refractivity (Wildman–Crippen MR) is 121 cm³/mol. The van der Waals surface area contributed by atoms with Gasteiger partial charge in [-0.3, -0.25) is 9.59 Å². The summed E-state index contributed by atoms with van der Waals surface area (Å²) >= 11 is 0. The number of esters is 2. The Labute approximate surface area is 185 Å². The average molecular weight is 427 g/mol. The summed E-state index contributed by atoms with van der Waals surface area (Å²) < 4.78 is 16.1. The number of unbranched alkanes of at least 4 members (excludes halogenated alkanes) is 3. The van der Waals surface area contributed by atoms with Gasteiger partial charge in [-0.25, -0.2) is 0 Å². The van der Waals surface area contributed by atoms with E-state index in [4.69, 9.17) is 14.2 Å². The van der Waals surface area contributed by atoms with Gasteiger partial charge in [-0.2, -0.15) is 0 Å². The number of ether oxygens (including phenoxy) is 3. The maximum atomic E-state index is 12.5. The van der Waals surface area contributed by atoms with Gasteiger partial charge in [-0.15, -0.1) is 0 Å². The van der Waals surface area contributed by atoms with Crippen molar-refractivity contribution in [2.75, 3.05) is 13.2 Å². The lowest BCUT2D eigenvalue weighted by Gasteiger charge is -2.16. The average Bonchev–Trinajstić information content (AvgIpc) is 2.79. The highest BCUT2D eigenvalue weighted by atomic mass is 16.5. The Kier molecular flexibility index (Phi) is 11.2. The van der Waals surface area contributed by atoms with E-state index in [1.54, 1.807) is 0 Å². The van der Waals surface area contributed by atoms with Gasteiger partial charge in [0.25, 0.3) is 0 Å². The number of rotatable bonds is 14. The van der Waals surface area contributed by atoms with Crippen LogP contribution in [0.25, 0.3) is 0 Å². The minimum absolute atomic E-state index is 0.138. The number of benzene rings is 2. The first-order chi connectivity index (χ1) is 15.1. The molecular weight excluding hydrogens is 392 g/mol. The quantitative estimate of drug-likeness (QED) is 0.281. The third kappa shape index (κ3) is 9.24. The molecule has 0 saturated carbocycles. The maximum absolute atomic E-state index is 12.5. The summed E-state index contributed by atoms with van der Waals surface area (Å²) in [5.41, 5.74) is 2.05. The Hall–Kier alpha value is -2.82. The van der Waals surface area contributed by atoms with Crippen LogP contribution in [0.2, 0.25) is 0 Å². The Bertz CT molecular complexity index is 770. The summed E-state index contributed by atoms with van der Waals surface area (Å²) in [6, 6.07) is 17.7. The third-order valence-corrected chi connectivity index (χ3v) is 5.03. The van der Waals surface area contributed by atoms with Crippen LogP contribution in [0.1, 0.15) is 69.4 Å². The van der Waals surface area contributed by atoms with Crippen molar-refractivity contribution in [1.29, 1.82) is 0 Å². The zero-order valence-corrected chi connectivity index (χ0v) is 18.7. The van der Waals surface area contributed by atoms with Gasteiger partial charge in [-0.05, 0) is 49.9 Å². The van der Waals surface area contributed by atoms with Crippen LogP contribution in [0.15, 0.2) is 54.6 Å². The van der Waals surface area contributed by atoms with Gasteiger partial charge in [0.1, 0.15) is 12.4 Å². The molecule has 2 rings (SSSR count). The van der Waals surface area contributed by atoms with E-state index in [1.807, 2.05) is 68.4 Å². The highest BCUT2D eigenvalue weighted by Crippen LogP contribution is 2.27. The molecule has 5 heteroatoms. The standard InChI is InChI=1S/C26H34O5/c1-3-29-25(27)15-11-6-5-10-14-24(26(28)30-4-2)22-16-18-23(19-17-22)31-20-21-12-8-7-9-13-21/h7-9,12-13,16-19,24H,3-6,10-11,14-15,20H2,1-2H3. The first-order valence-electron chi connectivity index (χ1n) is 11.2. The van der Waals surface area contributed by atoms with E-state index in [-0.39, 0.29) is 17.9 Å².